The Hall–Kier alpha value is -2.34. The van der Waals surface area contributed by atoms with Gasteiger partial charge in [0.05, 0.1) is 16.4 Å². The molecule has 0 radical (unpaired) electrons. The Kier molecular flexibility index (Phi) is 5.52. The maximum absolute atomic E-state index is 13.1. The number of aliphatic imine (C=N–C) groups is 1. The second-order valence-electron chi connectivity index (χ2n) is 8.51. The molecule has 2 heterocycles. The van der Waals surface area contributed by atoms with Gasteiger partial charge in [0.1, 0.15) is 11.7 Å². The van der Waals surface area contributed by atoms with Gasteiger partial charge >= 0.3 is 0 Å². The number of nitrogens with zero attached hydrogens (tertiary/aromatic N) is 4. The summed E-state index contributed by atoms with van der Waals surface area (Å²) >= 11 is 18.8. The van der Waals surface area contributed by atoms with Gasteiger partial charge in [-0.15, -0.1) is 0 Å². The third kappa shape index (κ3) is 3.83. The molecule has 1 aromatic heterocycles. The number of benzene rings is 2. The maximum atomic E-state index is 13.1. The van der Waals surface area contributed by atoms with Gasteiger partial charge in [0.25, 0.3) is 5.91 Å². The second-order valence-corrected chi connectivity index (χ2v) is 9.79. The Morgan fingerprint density at radius 3 is 2.28 bits per heavy atom. The van der Waals surface area contributed by atoms with Crippen molar-refractivity contribution >= 4 is 46.5 Å². The largest absolute Gasteiger partial charge is 0.290 e. The van der Waals surface area contributed by atoms with Crippen LogP contribution in [0, 0.1) is 5.92 Å². The topological polar surface area (TPSA) is 50.5 Å². The summed E-state index contributed by atoms with van der Waals surface area (Å²) < 4.78 is 1.78. The van der Waals surface area contributed by atoms with Crippen molar-refractivity contribution in [1.29, 1.82) is 0 Å². The standard InChI is InChI=1S/C24H21Cl3N4O/c1-13(2)22-24(32)30(17-8-9-17)23(28-22)19-12-21(14-3-5-15(25)6-4-14)31(29-19)20-10-7-16(26)11-18(20)27/h3-7,10-13,17,22H,8-9H2,1-2H3. The first kappa shape index (κ1) is 21.5. The minimum atomic E-state index is -0.381. The Balaban J connectivity index is 1.68. The molecule has 1 atom stereocenters. The molecule has 1 unspecified atom stereocenters. The highest BCUT2D eigenvalue weighted by molar-refractivity contribution is 6.35. The van der Waals surface area contributed by atoms with Gasteiger partial charge in [-0.1, -0.05) is 60.8 Å². The Bertz CT molecular complexity index is 1230. The molecule has 1 saturated carbocycles. The first-order valence-electron chi connectivity index (χ1n) is 10.6. The molecular formula is C24H21Cl3N4O. The molecule has 8 heteroatoms. The van der Waals surface area contributed by atoms with Crippen molar-refractivity contribution < 1.29 is 4.79 Å². The van der Waals surface area contributed by atoms with Crippen molar-refractivity contribution in [2.75, 3.05) is 0 Å². The van der Waals surface area contributed by atoms with Gasteiger partial charge in [0.15, 0.2) is 5.84 Å². The summed E-state index contributed by atoms with van der Waals surface area (Å²) in [6.45, 7) is 4.04. The molecule has 1 aliphatic carbocycles. The van der Waals surface area contributed by atoms with Crippen LogP contribution in [-0.4, -0.2) is 38.5 Å². The van der Waals surface area contributed by atoms with Crippen LogP contribution in [0.2, 0.25) is 15.1 Å². The van der Waals surface area contributed by atoms with Crippen LogP contribution in [0.3, 0.4) is 0 Å². The monoisotopic (exact) mass is 486 g/mol. The number of hydrogen-bond donors (Lipinski definition) is 0. The van der Waals surface area contributed by atoms with E-state index in [2.05, 4.69) is 0 Å². The van der Waals surface area contributed by atoms with Crippen LogP contribution in [0.1, 0.15) is 32.4 Å². The number of amides is 1. The molecule has 3 aromatic rings. The zero-order valence-corrected chi connectivity index (χ0v) is 19.9. The average molecular weight is 488 g/mol. The lowest BCUT2D eigenvalue weighted by Gasteiger charge is -2.18. The Morgan fingerprint density at radius 2 is 1.66 bits per heavy atom. The van der Waals surface area contributed by atoms with E-state index in [9.17, 15) is 4.79 Å². The summed E-state index contributed by atoms with van der Waals surface area (Å²) in [5.41, 5.74) is 3.07. The first-order valence-corrected chi connectivity index (χ1v) is 11.7. The zero-order valence-electron chi connectivity index (χ0n) is 17.6. The fourth-order valence-corrected chi connectivity index (χ4v) is 4.57. The molecule has 0 bridgehead atoms. The van der Waals surface area contributed by atoms with Crippen molar-refractivity contribution in [3.63, 3.8) is 0 Å². The summed E-state index contributed by atoms with van der Waals surface area (Å²) in [6, 6.07) is 14.6. The van der Waals surface area contributed by atoms with E-state index in [1.54, 1.807) is 16.8 Å². The molecule has 1 amide bonds. The number of rotatable bonds is 5. The molecular weight excluding hydrogens is 467 g/mol. The van der Waals surface area contributed by atoms with E-state index >= 15 is 0 Å². The second kappa shape index (κ2) is 8.22. The lowest BCUT2D eigenvalue weighted by atomic mass is 10.1. The van der Waals surface area contributed by atoms with Gasteiger partial charge in [-0.2, -0.15) is 5.10 Å². The molecule has 0 saturated heterocycles. The Labute approximate surface area is 201 Å². The van der Waals surface area contributed by atoms with E-state index in [0.29, 0.717) is 32.3 Å². The molecule has 5 nitrogen and oxygen atoms in total. The number of amidine groups is 1. The van der Waals surface area contributed by atoms with Crippen LogP contribution >= 0.6 is 34.8 Å². The van der Waals surface area contributed by atoms with E-state index in [1.165, 1.54) is 0 Å². The van der Waals surface area contributed by atoms with Gasteiger partial charge in [-0.25, -0.2) is 4.68 Å². The van der Waals surface area contributed by atoms with Crippen molar-refractivity contribution in [3.05, 3.63) is 69.3 Å². The molecule has 5 rings (SSSR count). The molecule has 1 aliphatic heterocycles. The lowest BCUT2D eigenvalue weighted by molar-refractivity contribution is -0.128. The van der Waals surface area contributed by atoms with E-state index in [4.69, 9.17) is 44.9 Å². The van der Waals surface area contributed by atoms with Crippen LogP contribution in [0.4, 0.5) is 0 Å². The average Bonchev–Trinajstić information content (AvgIpc) is 3.39. The van der Waals surface area contributed by atoms with Crippen molar-refractivity contribution in [3.8, 4) is 16.9 Å². The predicted molar refractivity (Wildman–Crippen MR) is 129 cm³/mol. The van der Waals surface area contributed by atoms with E-state index in [-0.39, 0.29) is 23.9 Å². The summed E-state index contributed by atoms with van der Waals surface area (Å²) in [5, 5.41) is 6.54. The Morgan fingerprint density at radius 1 is 0.969 bits per heavy atom. The molecule has 32 heavy (non-hydrogen) atoms. The van der Waals surface area contributed by atoms with Gasteiger partial charge in [-0.3, -0.25) is 14.7 Å². The summed E-state index contributed by atoms with van der Waals surface area (Å²) in [7, 11) is 0. The fourth-order valence-electron chi connectivity index (χ4n) is 3.96. The van der Waals surface area contributed by atoms with Crippen LogP contribution in [-0.2, 0) is 4.79 Å². The molecule has 0 spiro atoms. The smallest absolute Gasteiger partial charge is 0.253 e. The number of carbonyl (C=O) groups is 1. The van der Waals surface area contributed by atoms with Crippen LogP contribution in [0.5, 0.6) is 0 Å². The van der Waals surface area contributed by atoms with Gasteiger partial charge < -0.3 is 0 Å². The first-order chi connectivity index (χ1) is 15.3. The minimum Gasteiger partial charge on any atom is -0.290 e. The third-order valence-corrected chi connectivity index (χ3v) is 6.53. The predicted octanol–water partition coefficient (Wildman–Crippen LogP) is 6.28. The quantitative estimate of drug-likeness (QED) is 0.425. The highest BCUT2D eigenvalue weighted by Crippen LogP contribution is 2.36. The van der Waals surface area contributed by atoms with Crippen molar-refractivity contribution in [2.24, 2.45) is 10.9 Å². The molecule has 2 aliphatic rings. The molecule has 0 N–H and O–H groups in total. The summed E-state index contributed by atoms with van der Waals surface area (Å²) in [6.07, 6.45) is 1.98. The highest BCUT2D eigenvalue weighted by Gasteiger charge is 2.45. The van der Waals surface area contributed by atoms with Gasteiger partial charge in [-0.05, 0) is 55.2 Å². The van der Waals surface area contributed by atoms with Crippen molar-refractivity contribution in [1.82, 2.24) is 14.7 Å². The molecule has 1 fully saturated rings. The maximum Gasteiger partial charge on any atom is 0.253 e. The van der Waals surface area contributed by atoms with Crippen LogP contribution in [0.25, 0.3) is 16.9 Å². The third-order valence-electron chi connectivity index (χ3n) is 5.74. The number of carbonyl (C=O) groups excluding carboxylic acids is 1. The van der Waals surface area contributed by atoms with Crippen molar-refractivity contribution in [2.45, 2.75) is 38.8 Å². The number of hydrogen-bond acceptors (Lipinski definition) is 3. The van der Waals surface area contributed by atoms with E-state index in [1.807, 2.05) is 55.1 Å². The van der Waals surface area contributed by atoms with Gasteiger partial charge in [0, 0.05) is 21.7 Å². The van der Waals surface area contributed by atoms with E-state index < -0.39 is 0 Å². The lowest BCUT2D eigenvalue weighted by Crippen LogP contribution is -2.38. The van der Waals surface area contributed by atoms with Crippen LogP contribution < -0.4 is 0 Å². The summed E-state index contributed by atoms with van der Waals surface area (Å²) in [5.74, 6) is 0.810. The SMILES string of the molecule is CC(C)C1N=C(c2cc(-c3ccc(Cl)cc3)n(-c3ccc(Cl)cc3Cl)n2)N(C2CC2)C1=O. The van der Waals surface area contributed by atoms with Crippen LogP contribution in [0.15, 0.2) is 53.5 Å². The highest BCUT2D eigenvalue weighted by atomic mass is 35.5. The van der Waals surface area contributed by atoms with E-state index in [0.717, 1.165) is 24.1 Å². The minimum absolute atomic E-state index is 0.0598. The molecule has 164 valence electrons. The number of halogens is 3. The fraction of sp³-hybridized carbons (Fsp3) is 0.292. The normalized spacial score (nSPS) is 18.6. The van der Waals surface area contributed by atoms with Gasteiger partial charge in [0.2, 0.25) is 0 Å². The zero-order chi connectivity index (χ0) is 22.6. The number of aromatic nitrogens is 2. The molecule has 2 aromatic carbocycles. The summed E-state index contributed by atoms with van der Waals surface area (Å²) in [4.78, 5) is 19.8.